The zero-order valence-corrected chi connectivity index (χ0v) is 9.65. The van der Waals surface area contributed by atoms with Crippen molar-refractivity contribution in [1.29, 1.82) is 0 Å². The fraction of sp³-hybridized carbons (Fsp3) is 1.00. The van der Waals surface area contributed by atoms with Crippen LogP contribution in [0.3, 0.4) is 0 Å². The molecule has 0 aromatic rings. The summed E-state index contributed by atoms with van der Waals surface area (Å²) in [4.78, 5) is 0. The van der Waals surface area contributed by atoms with E-state index in [0.29, 0.717) is 6.42 Å². The minimum atomic E-state index is -3.41. The molecule has 0 N–H and O–H groups in total. The fourth-order valence-electron chi connectivity index (χ4n) is 1.09. The Morgan fingerprint density at radius 3 is 2.43 bits per heavy atom. The molecular weight excluding hydrogens is 207 g/mol. The van der Waals surface area contributed by atoms with Crippen LogP contribution in [-0.4, -0.2) is 27.5 Å². The van der Waals surface area contributed by atoms with Gasteiger partial charge in [-0.1, -0.05) is 26.2 Å². The van der Waals surface area contributed by atoms with Crippen LogP contribution in [0.2, 0.25) is 0 Å². The minimum Gasteiger partial charge on any atom is -0.270 e. The molecule has 0 saturated carbocycles. The van der Waals surface area contributed by atoms with Crippen LogP contribution in [-0.2, 0) is 14.3 Å². The van der Waals surface area contributed by atoms with Gasteiger partial charge in [0.2, 0.25) is 0 Å². The number of unbranched alkanes of at least 4 members (excludes halogenated alkanes) is 2. The van der Waals surface area contributed by atoms with Crippen LogP contribution in [0.5, 0.6) is 0 Å². The molecule has 86 valence electrons. The Balaban J connectivity index is 3.40. The lowest BCUT2D eigenvalue weighted by Crippen LogP contribution is -2.09. The third-order valence-corrected chi connectivity index (χ3v) is 2.44. The van der Waals surface area contributed by atoms with Gasteiger partial charge in [-0.15, -0.1) is 0 Å². The quantitative estimate of drug-likeness (QED) is 0.471. The van der Waals surface area contributed by atoms with Gasteiger partial charge in [0.1, 0.15) is 6.17 Å². The topological polar surface area (TPSA) is 43.4 Å². The Hall–Kier alpha value is -0.160. The number of hydrogen-bond acceptors (Lipinski definition) is 3. The SMILES string of the molecule is CCCCC[C@H](F)CCOS(C)(=O)=O. The van der Waals surface area contributed by atoms with Crippen molar-refractivity contribution in [2.75, 3.05) is 12.9 Å². The summed E-state index contributed by atoms with van der Waals surface area (Å²) in [6.45, 7) is 2.01. The number of rotatable bonds is 8. The zero-order valence-electron chi connectivity index (χ0n) is 8.83. The number of halogens is 1. The maximum absolute atomic E-state index is 13.0. The predicted octanol–water partition coefficient (Wildman–Crippen LogP) is 2.27. The second-order valence-corrected chi connectivity index (χ2v) is 5.05. The van der Waals surface area contributed by atoms with Crippen LogP contribution in [0.15, 0.2) is 0 Å². The molecule has 0 heterocycles. The molecule has 0 bridgehead atoms. The number of hydrogen-bond donors (Lipinski definition) is 0. The highest BCUT2D eigenvalue weighted by molar-refractivity contribution is 7.85. The molecule has 14 heavy (non-hydrogen) atoms. The highest BCUT2D eigenvalue weighted by atomic mass is 32.2. The van der Waals surface area contributed by atoms with E-state index in [1.165, 1.54) is 0 Å². The molecule has 0 spiro atoms. The molecule has 1 atom stereocenters. The first-order valence-corrected chi connectivity index (χ1v) is 6.76. The van der Waals surface area contributed by atoms with Gasteiger partial charge in [-0.25, -0.2) is 4.39 Å². The molecule has 0 unspecified atom stereocenters. The van der Waals surface area contributed by atoms with Gasteiger partial charge in [0.15, 0.2) is 0 Å². The standard InChI is InChI=1S/C9H19FO3S/c1-3-4-5-6-9(10)7-8-13-14(2,11)12/h9H,3-8H2,1-2H3/t9-/m0/s1. The van der Waals surface area contributed by atoms with Crippen LogP contribution < -0.4 is 0 Å². The largest absolute Gasteiger partial charge is 0.270 e. The van der Waals surface area contributed by atoms with Gasteiger partial charge in [0.05, 0.1) is 12.9 Å². The summed E-state index contributed by atoms with van der Waals surface area (Å²) in [7, 11) is -3.41. The van der Waals surface area contributed by atoms with Crippen LogP contribution >= 0.6 is 0 Å². The summed E-state index contributed by atoms with van der Waals surface area (Å²) < 4.78 is 38.5. The highest BCUT2D eigenvalue weighted by Crippen LogP contribution is 2.10. The average Bonchev–Trinajstić information content (AvgIpc) is 2.02. The second kappa shape index (κ2) is 7.17. The third-order valence-electron chi connectivity index (χ3n) is 1.85. The monoisotopic (exact) mass is 226 g/mol. The molecule has 0 saturated heterocycles. The van der Waals surface area contributed by atoms with Crippen LogP contribution in [0, 0.1) is 0 Å². The Morgan fingerprint density at radius 1 is 1.29 bits per heavy atom. The van der Waals surface area contributed by atoms with Gasteiger partial charge in [0.25, 0.3) is 10.1 Å². The molecule has 5 heteroatoms. The molecule has 0 aromatic carbocycles. The van der Waals surface area contributed by atoms with Crippen molar-refractivity contribution in [1.82, 2.24) is 0 Å². The summed E-state index contributed by atoms with van der Waals surface area (Å²) in [5.74, 6) is 0. The Bertz CT molecular complexity index is 226. The van der Waals surface area contributed by atoms with Crippen LogP contribution in [0.25, 0.3) is 0 Å². The van der Waals surface area contributed by atoms with Crippen molar-refractivity contribution >= 4 is 10.1 Å². The van der Waals surface area contributed by atoms with E-state index in [2.05, 4.69) is 11.1 Å². The summed E-state index contributed by atoms with van der Waals surface area (Å²) in [5.41, 5.74) is 0. The molecule has 0 aliphatic carbocycles. The van der Waals surface area contributed by atoms with Crippen molar-refractivity contribution in [3.8, 4) is 0 Å². The van der Waals surface area contributed by atoms with E-state index in [0.717, 1.165) is 25.5 Å². The lowest BCUT2D eigenvalue weighted by Gasteiger charge is -2.06. The van der Waals surface area contributed by atoms with Gasteiger partial charge in [0, 0.05) is 6.42 Å². The summed E-state index contributed by atoms with van der Waals surface area (Å²) >= 11 is 0. The molecule has 0 radical (unpaired) electrons. The van der Waals surface area contributed by atoms with Crippen molar-refractivity contribution < 1.29 is 17.0 Å². The van der Waals surface area contributed by atoms with Gasteiger partial charge < -0.3 is 0 Å². The molecule has 0 aliphatic heterocycles. The van der Waals surface area contributed by atoms with Gasteiger partial charge >= 0.3 is 0 Å². The van der Waals surface area contributed by atoms with E-state index in [1.54, 1.807) is 0 Å². The lowest BCUT2D eigenvalue weighted by atomic mass is 10.1. The van der Waals surface area contributed by atoms with E-state index in [4.69, 9.17) is 0 Å². The normalized spacial score (nSPS) is 14.2. The van der Waals surface area contributed by atoms with E-state index in [-0.39, 0.29) is 13.0 Å². The molecule has 0 aromatic heterocycles. The molecule has 0 fully saturated rings. The first-order chi connectivity index (χ1) is 6.45. The Labute approximate surface area is 85.8 Å². The fourth-order valence-corrected chi connectivity index (χ4v) is 1.49. The molecule has 0 amide bonds. The summed E-state index contributed by atoms with van der Waals surface area (Å²) in [5, 5.41) is 0. The number of alkyl halides is 1. The van der Waals surface area contributed by atoms with Crippen molar-refractivity contribution in [3.63, 3.8) is 0 Å². The summed E-state index contributed by atoms with van der Waals surface area (Å²) in [6, 6.07) is 0. The maximum Gasteiger partial charge on any atom is 0.264 e. The first kappa shape index (κ1) is 13.8. The maximum atomic E-state index is 13.0. The van der Waals surface area contributed by atoms with Crippen molar-refractivity contribution in [3.05, 3.63) is 0 Å². The van der Waals surface area contributed by atoms with E-state index >= 15 is 0 Å². The molecule has 0 rings (SSSR count). The van der Waals surface area contributed by atoms with Crippen LogP contribution in [0.1, 0.15) is 39.0 Å². The highest BCUT2D eigenvalue weighted by Gasteiger charge is 2.08. The predicted molar refractivity (Wildman–Crippen MR) is 54.5 cm³/mol. The van der Waals surface area contributed by atoms with E-state index < -0.39 is 16.3 Å². The van der Waals surface area contributed by atoms with E-state index in [9.17, 15) is 12.8 Å². The van der Waals surface area contributed by atoms with Gasteiger partial charge in [-0.3, -0.25) is 4.18 Å². The first-order valence-electron chi connectivity index (χ1n) is 4.94. The minimum absolute atomic E-state index is 0.0495. The van der Waals surface area contributed by atoms with Crippen molar-refractivity contribution in [2.24, 2.45) is 0 Å². The lowest BCUT2D eigenvalue weighted by molar-refractivity contribution is 0.227. The third kappa shape index (κ3) is 9.92. The van der Waals surface area contributed by atoms with Crippen molar-refractivity contribution in [2.45, 2.75) is 45.2 Å². The van der Waals surface area contributed by atoms with Gasteiger partial charge in [-0.2, -0.15) is 8.42 Å². The molecular formula is C9H19FO3S. The smallest absolute Gasteiger partial charge is 0.264 e. The second-order valence-electron chi connectivity index (χ2n) is 3.41. The Kier molecular flexibility index (Phi) is 7.09. The van der Waals surface area contributed by atoms with Gasteiger partial charge in [-0.05, 0) is 6.42 Å². The Morgan fingerprint density at radius 2 is 1.93 bits per heavy atom. The summed E-state index contributed by atoms with van der Waals surface area (Å²) in [6.07, 6.45) is 3.63. The zero-order chi connectivity index (χ0) is 11.0. The van der Waals surface area contributed by atoms with E-state index in [1.807, 2.05) is 0 Å². The van der Waals surface area contributed by atoms with Crippen LogP contribution in [0.4, 0.5) is 4.39 Å². The average molecular weight is 226 g/mol. The molecule has 0 aliphatic rings. The molecule has 3 nitrogen and oxygen atoms in total.